The maximum Gasteiger partial charge on any atom is 0.327 e. The number of rotatable bonds is 9. The van der Waals surface area contributed by atoms with Crippen LogP contribution in [-0.4, -0.2) is 61.4 Å². The van der Waals surface area contributed by atoms with Gasteiger partial charge in [0, 0.05) is 38.3 Å². The van der Waals surface area contributed by atoms with E-state index in [0.29, 0.717) is 28.6 Å². The van der Waals surface area contributed by atoms with Crippen molar-refractivity contribution in [1.29, 1.82) is 0 Å². The van der Waals surface area contributed by atoms with Gasteiger partial charge in [0.15, 0.2) is 5.65 Å². The number of aromatic amines is 1. The number of aromatic nitrogens is 4. The molecule has 8 rings (SSSR count). The molecule has 2 bridgehead atoms. The van der Waals surface area contributed by atoms with Gasteiger partial charge in [-0.2, -0.15) is 4.98 Å². The Morgan fingerprint density at radius 2 is 1.85 bits per heavy atom. The van der Waals surface area contributed by atoms with Crippen LogP contribution in [0.1, 0.15) is 81.1 Å². The van der Waals surface area contributed by atoms with Crippen molar-refractivity contribution in [3.63, 3.8) is 0 Å². The summed E-state index contributed by atoms with van der Waals surface area (Å²) < 4.78 is 1.80. The molecule has 2 aromatic heterocycles. The first-order valence-electron chi connectivity index (χ1n) is 14.9. The van der Waals surface area contributed by atoms with Gasteiger partial charge >= 0.3 is 5.69 Å². The highest BCUT2D eigenvalue weighted by atomic mass is 16.2. The van der Waals surface area contributed by atoms with Crippen molar-refractivity contribution in [1.82, 2.24) is 29.3 Å². The summed E-state index contributed by atoms with van der Waals surface area (Å²) in [4.78, 5) is 41.2. The van der Waals surface area contributed by atoms with E-state index in [-0.39, 0.29) is 23.7 Å². The van der Waals surface area contributed by atoms with Gasteiger partial charge < -0.3 is 15.2 Å². The number of nitrogens with one attached hydrogen (secondary N) is 2. The number of imidazole rings is 1. The predicted octanol–water partition coefficient (Wildman–Crippen LogP) is 4.58. The Kier molecular flexibility index (Phi) is 6.29. The van der Waals surface area contributed by atoms with Crippen LogP contribution in [-0.2, 0) is 4.79 Å². The molecule has 2 atom stereocenters. The molecule has 2 N–H and O–H groups in total. The van der Waals surface area contributed by atoms with Gasteiger partial charge in [0.1, 0.15) is 5.52 Å². The van der Waals surface area contributed by atoms with Crippen molar-refractivity contribution in [2.45, 2.75) is 70.0 Å². The van der Waals surface area contributed by atoms with Crippen LogP contribution >= 0.6 is 0 Å². The van der Waals surface area contributed by atoms with Crippen LogP contribution in [0.5, 0.6) is 0 Å². The average Bonchev–Trinajstić information content (AvgIpc) is 3.21. The van der Waals surface area contributed by atoms with Gasteiger partial charge in [-0.15, -0.1) is 0 Å². The molecule has 1 aliphatic heterocycles. The van der Waals surface area contributed by atoms with Gasteiger partial charge in [-0.3, -0.25) is 14.3 Å². The summed E-state index contributed by atoms with van der Waals surface area (Å²) in [5.41, 5.74) is 4.33. The quantitative estimate of drug-likeness (QED) is 0.385. The fraction of sp³-hybridized carbons (Fsp3) is 0.548. The standard InChI is InChI=1S/C31H39N7O2/c1-3-27(39)37-13-11-36(12-14-37)26(18-31-15-21(16-31)17-31)23-9-7-22(8-10-23)20(2)33-29-32-19-25-28(35-29)38(30(40)34-25)24-5-4-6-24/h3,7-10,19-21,24,26H,1,4-6,11-18H2,2H3,(H,34,40)(H,32,33,35)/t20-,21?,26?,31?/m0/s1. The first-order valence-corrected chi connectivity index (χ1v) is 14.9. The molecule has 9 heteroatoms. The predicted molar refractivity (Wildman–Crippen MR) is 155 cm³/mol. The number of anilines is 1. The lowest BCUT2D eigenvalue weighted by atomic mass is 9.42. The number of fused-ring (bicyclic) bond motifs is 1. The van der Waals surface area contributed by atoms with Crippen molar-refractivity contribution in [2.24, 2.45) is 11.3 Å². The largest absolute Gasteiger partial charge is 0.348 e. The van der Waals surface area contributed by atoms with Gasteiger partial charge in [0.25, 0.3) is 0 Å². The van der Waals surface area contributed by atoms with Crippen LogP contribution < -0.4 is 11.0 Å². The molecule has 1 amide bonds. The van der Waals surface area contributed by atoms with E-state index >= 15 is 0 Å². The third-order valence-corrected chi connectivity index (χ3v) is 10.1. The van der Waals surface area contributed by atoms with Crippen molar-refractivity contribution in [2.75, 3.05) is 31.5 Å². The maximum atomic E-state index is 12.5. The Bertz CT molecular complexity index is 1460. The van der Waals surface area contributed by atoms with Gasteiger partial charge in [-0.25, -0.2) is 9.78 Å². The Morgan fingerprint density at radius 1 is 1.15 bits per heavy atom. The van der Waals surface area contributed by atoms with E-state index in [1.807, 2.05) is 4.90 Å². The number of piperazine rings is 1. The second-order valence-electron chi connectivity index (χ2n) is 12.6. The molecule has 4 saturated carbocycles. The molecule has 0 radical (unpaired) electrons. The number of benzene rings is 1. The number of carbonyl (C=O) groups excluding carboxylic acids is 1. The molecule has 0 spiro atoms. The monoisotopic (exact) mass is 541 g/mol. The van der Waals surface area contributed by atoms with E-state index in [1.54, 1.807) is 10.8 Å². The second kappa shape index (κ2) is 9.87. The van der Waals surface area contributed by atoms with E-state index in [9.17, 15) is 9.59 Å². The maximum absolute atomic E-state index is 12.5. The lowest BCUT2D eigenvalue weighted by Crippen LogP contribution is -2.55. The summed E-state index contributed by atoms with van der Waals surface area (Å²) in [6, 6.07) is 9.64. The number of hydrogen-bond donors (Lipinski definition) is 2. The zero-order chi connectivity index (χ0) is 27.4. The molecule has 1 unspecified atom stereocenters. The highest BCUT2D eigenvalue weighted by Gasteiger charge is 2.57. The molecule has 40 heavy (non-hydrogen) atoms. The van der Waals surface area contributed by atoms with E-state index in [1.165, 1.54) is 42.9 Å². The smallest absolute Gasteiger partial charge is 0.327 e. The molecule has 4 aliphatic carbocycles. The minimum absolute atomic E-state index is 0.0128. The van der Waals surface area contributed by atoms with Crippen LogP contribution in [0.2, 0.25) is 0 Å². The van der Waals surface area contributed by atoms with Crippen molar-refractivity contribution < 1.29 is 4.79 Å². The van der Waals surface area contributed by atoms with Crippen LogP contribution in [0.25, 0.3) is 11.2 Å². The van der Waals surface area contributed by atoms with E-state index < -0.39 is 0 Å². The van der Waals surface area contributed by atoms with Crippen molar-refractivity contribution >= 4 is 23.0 Å². The van der Waals surface area contributed by atoms with E-state index in [2.05, 4.69) is 58.0 Å². The minimum atomic E-state index is -0.100. The average molecular weight is 542 g/mol. The van der Waals surface area contributed by atoms with Gasteiger partial charge in [-0.1, -0.05) is 30.8 Å². The van der Waals surface area contributed by atoms with Gasteiger partial charge in [0.2, 0.25) is 11.9 Å². The third kappa shape index (κ3) is 4.44. The number of hydrogen-bond acceptors (Lipinski definition) is 6. The molecule has 9 nitrogen and oxygen atoms in total. The zero-order valence-corrected chi connectivity index (χ0v) is 23.3. The summed E-state index contributed by atoms with van der Waals surface area (Å²) in [5.74, 6) is 1.53. The van der Waals surface area contributed by atoms with Crippen LogP contribution in [0.3, 0.4) is 0 Å². The first kappa shape index (κ1) is 25.5. The lowest BCUT2D eigenvalue weighted by molar-refractivity contribution is -0.134. The summed E-state index contributed by atoms with van der Waals surface area (Å²) in [7, 11) is 0. The number of nitrogens with zero attached hydrogens (tertiary/aromatic N) is 5. The molecule has 5 fully saturated rings. The first-order chi connectivity index (χ1) is 19.4. The van der Waals surface area contributed by atoms with E-state index in [0.717, 1.165) is 51.4 Å². The molecule has 3 aromatic rings. The van der Waals surface area contributed by atoms with Crippen molar-refractivity contribution in [3.05, 3.63) is 64.7 Å². The topological polar surface area (TPSA) is 99.2 Å². The normalized spacial score (nSPS) is 25.9. The summed E-state index contributed by atoms with van der Waals surface area (Å²) in [6.07, 6.45) is 11.7. The van der Waals surface area contributed by atoms with Gasteiger partial charge in [-0.05, 0) is 80.4 Å². The molecule has 210 valence electrons. The molecule has 1 saturated heterocycles. The Hall–Kier alpha value is -3.46. The molecular formula is C31H39N7O2. The highest BCUT2D eigenvalue weighted by molar-refractivity contribution is 5.87. The van der Waals surface area contributed by atoms with Crippen LogP contribution in [0.15, 0.2) is 47.9 Å². The zero-order valence-electron chi connectivity index (χ0n) is 23.3. The highest BCUT2D eigenvalue weighted by Crippen LogP contribution is 2.68. The Morgan fingerprint density at radius 3 is 2.45 bits per heavy atom. The SMILES string of the molecule is C=CC(=O)N1CCN(C(CC23CC(C2)C3)c2ccc([C@H](C)Nc3ncc4[nH]c(=O)n(C5CCC5)c4n3)cc2)CC1. The summed E-state index contributed by atoms with van der Waals surface area (Å²) >= 11 is 0. The molecule has 1 aromatic carbocycles. The lowest BCUT2D eigenvalue weighted by Gasteiger charge is -2.64. The fourth-order valence-electron chi connectivity index (χ4n) is 7.41. The number of H-pyrrole nitrogens is 1. The van der Waals surface area contributed by atoms with Crippen LogP contribution in [0.4, 0.5) is 5.95 Å². The third-order valence-electron chi connectivity index (χ3n) is 10.1. The van der Waals surface area contributed by atoms with E-state index in [4.69, 9.17) is 4.98 Å². The molecular weight excluding hydrogens is 502 g/mol. The fourth-order valence-corrected chi connectivity index (χ4v) is 7.41. The minimum Gasteiger partial charge on any atom is -0.348 e. The van der Waals surface area contributed by atoms with Gasteiger partial charge in [0.05, 0.1) is 12.2 Å². The summed E-state index contributed by atoms with van der Waals surface area (Å²) in [6.45, 7) is 9.09. The number of amides is 1. The Balaban J connectivity index is 1.07. The molecule has 5 aliphatic rings. The molecule has 3 heterocycles. The summed E-state index contributed by atoms with van der Waals surface area (Å²) in [5, 5.41) is 3.45. The Labute approximate surface area is 234 Å². The van der Waals surface area contributed by atoms with Crippen molar-refractivity contribution in [3.8, 4) is 0 Å². The van der Waals surface area contributed by atoms with Crippen LogP contribution in [0, 0.1) is 11.3 Å². The number of carbonyl (C=O) groups is 1. The second-order valence-corrected chi connectivity index (χ2v) is 12.6.